The van der Waals surface area contributed by atoms with Crippen LogP contribution in [0.25, 0.3) is 33.8 Å². The third kappa shape index (κ3) is 5.84. The summed E-state index contributed by atoms with van der Waals surface area (Å²) in [5.74, 6) is 4.23. The van der Waals surface area contributed by atoms with Gasteiger partial charge in [0.15, 0.2) is 34.5 Å². The molecule has 0 unspecified atom stereocenters. The second kappa shape index (κ2) is 15.3. The Kier molecular flexibility index (Phi) is 8.63. The molecule has 0 fully saturated rings. The minimum Gasteiger partial charge on any atom is -0.453 e. The highest BCUT2D eigenvalue weighted by Crippen LogP contribution is 2.66. The first-order chi connectivity index (χ1) is 32.8. The molecule has 9 heteroatoms. The summed E-state index contributed by atoms with van der Waals surface area (Å²) in [6, 6.07) is 67.4. The highest BCUT2D eigenvalue weighted by atomic mass is 16.5. The topological polar surface area (TPSA) is 76.1 Å². The third-order valence-electron chi connectivity index (χ3n) is 12.2. The molecule has 9 nitrogen and oxygen atoms in total. The van der Waals surface area contributed by atoms with Gasteiger partial charge in [-0.3, -0.25) is 15.0 Å². The molecule has 0 N–H and O–H groups in total. The van der Waals surface area contributed by atoms with Gasteiger partial charge >= 0.3 is 0 Å². The summed E-state index contributed by atoms with van der Waals surface area (Å²) < 4.78 is 20.3. The van der Waals surface area contributed by atoms with Gasteiger partial charge in [-0.2, -0.15) is 0 Å². The molecule has 6 heterocycles. The van der Waals surface area contributed by atoms with Crippen molar-refractivity contribution in [3.8, 4) is 68.3 Å². The van der Waals surface area contributed by atoms with Gasteiger partial charge in [0.25, 0.3) is 0 Å². The van der Waals surface area contributed by atoms with Crippen LogP contribution in [0.2, 0.25) is 0 Å². The van der Waals surface area contributed by atoms with E-state index < -0.39 is 0 Å². The summed E-state index contributed by atoms with van der Waals surface area (Å²) in [6.45, 7) is 0. The molecule has 312 valence electrons. The lowest BCUT2D eigenvalue weighted by molar-refractivity contribution is 0.477. The van der Waals surface area contributed by atoms with Crippen molar-refractivity contribution in [3.05, 3.63) is 219 Å². The highest BCUT2D eigenvalue weighted by Gasteiger charge is 2.42. The summed E-state index contributed by atoms with van der Waals surface area (Å²) in [5.41, 5.74) is 12.2. The fourth-order valence-electron chi connectivity index (χ4n) is 9.48. The summed E-state index contributed by atoms with van der Waals surface area (Å²) in [6.07, 6.45) is 5.57. The summed E-state index contributed by atoms with van der Waals surface area (Å²) >= 11 is 0. The van der Waals surface area contributed by atoms with E-state index in [1.165, 1.54) is 0 Å². The Morgan fingerprint density at radius 1 is 0.242 bits per heavy atom. The van der Waals surface area contributed by atoms with Gasteiger partial charge in [-0.25, -0.2) is 0 Å². The summed E-state index contributed by atoms with van der Waals surface area (Å²) in [7, 11) is 0. The Balaban J connectivity index is 1.34. The van der Waals surface area contributed by atoms with Crippen LogP contribution in [-0.2, 0) is 0 Å². The van der Waals surface area contributed by atoms with Gasteiger partial charge in [-0.15, -0.1) is 0 Å². The molecular weight excluding hydrogens is 817 g/mol. The predicted octanol–water partition coefficient (Wildman–Crippen LogP) is 15.6. The lowest BCUT2D eigenvalue weighted by Crippen LogP contribution is -2.25. The number of ether oxygens (including phenoxy) is 3. The van der Waals surface area contributed by atoms with Crippen molar-refractivity contribution in [2.24, 2.45) is 0 Å². The zero-order valence-corrected chi connectivity index (χ0v) is 35.2. The summed E-state index contributed by atoms with van der Waals surface area (Å²) in [4.78, 5) is 22.8. The van der Waals surface area contributed by atoms with Gasteiger partial charge in [0.1, 0.15) is 0 Å². The molecule has 3 aliphatic heterocycles. The highest BCUT2D eigenvalue weighted by molar-refractivity contribution is 6.18. The van der Waals surface area contributed by atoms with Crippen molar-refractivity contribution in [2.75, 3.05) is 14.7 Å². The van der Waals surface area contributed by atoms with E-state index in [0.717, 1.165) is 85.0 Å². The Bertz CT molecular complexity index is 2970. The maximum atomic E-state index is 6.76. The molecule has 0 bridgehead atoms. The average molecular weight is 853 g/mol. The molecule has 0 spiro atoms. The van der Waals surface area contributed by atoms with E-state index in [1.54, 1.807) is 0 Å². The maximum absolute atomic E-state index is 6.76. The first kappa shape index (κ1) is 37.4. The van der Waals surface area contributed by atoms with Crippen molar-refractivity contribution >= 4 is 51.2 Å². The van der Waals surface area contributed by atoms with Crippen LogP contribution in [0, 0.1) is 0 Å². The first-order valence-electron chi connectivity index (χ1n) is 21.8. The van der Waals surface area contributed by atoms with Gasteiger partial charge < -0.3 is 28.9 Å². The Morgan fingerprint density at radius 3 is 0.667 bits per heavy atom. The molecular formula is C57H36N6O3. The van der Waals surface area contributed by atoms with Crippen LogP contribution in [-0.4, -0.2) is 15.0 Å². The average Bonchev–Trinajstić information content (AvgIpc) is 3.39. The SMILES string of the molecule is c1ccc(-c2c(N3c4ccccc4Oc4ccccc43)c(-c3ccccn3)c(N3c4ccccc4Oc4ccccc43)c(-c3ccccn3)c2N2c3ccccc3Oc3ccccc32)nc1. The fraction of sp³-hybridized carbons (Fsp3) is 0. The standard InChI is InChI=1S/C57H36N6O3/c1-7-28-46-40(22-1)61(41-23-2-8-29-47(41)64-46)55-52(37-19-13-16-34-58-37)56(62-42-24-3-9-30-48(42)65-49-31-10-4-25-43(49)62)54(39-21-15-18-36-60-39)57(53(55)38-20-14-17-35-59-38)63-44-26-5-11-32-50(44)66-51-33-12-6-27-45(51)63/h1-36H. The van der Waals surface area contributed by atoms with Crippen LogP contribution in [0.1, 0.15) is 0 Å². The lowest BCUT2D eigenvalue weighted by atomic mass is 9.87. The largest absolute Gasteiger partial charge is 0.453 e. The van der Waals surface area contributed by atoms with E-state index in [2.05, 4.69) is 106 Å². The van der Waals surface area contributed by atoms with Crippen molar-refractivity contribution in [3.63, 3.8) is 0 Å². The molecule has 3 aromatic heterocycles. The van der Waals surface area contributed by atoms with Crippen molar-refractivity contribution in [2.45, 2.75) is 0 Å². The van der Waals surface area contributed by atoms with Gasteiger partial charge in [0.05, 0.1) is 68.3 Å². The minimum atomic E-state index is 0.705. The number of rotatable bonds is 6. The van der Waals surface area contributed by atoms with Gasteiger partial charge in [0.2, 0.25) is 0 Å². The van der Waals surface area contributed by atoms with E-state index >= 15 is 0 Å². The van der Waals surface area contributed by atoms with Crippen LogP contribution in [0.15, 0.2) is 219 Å². The molecule has 0 saturated carbocycles. The third-order valence-corrected chi connectivity index (χ3v) is 12.2. The quantitative estimate of drug-likeness (QED) is 0.162. The number of hydrogen-bond donors (Lipinski definition) is 0. The number of aromatic nitrogens is 3. The van der Waals surface area contributed by atoms with Crippen molar-refractivity contribution in [1.82, 2.24) is 15.0 Å². The van der Waals surface area contributed by atoms with E-state index in [1.807, 2.05) is 128 Å². The molecule has 0 radical (unpaired) electrons. The first-order valence-corrected chi connectivity index (χ1v) is 21.8. The van der Waals surface area contributed by atoms with Crippen molar-refractivity contribution in [1.29, 1.82) is 0 Å². The molecule has 0 amide bonds. The second-order valence-electron chi connectivity index (χ2n) is 15.9. The van der Waals surface area contributed by atoms with E-state index in [0.29, 0.717) is 34.5 Å². The zero-order chi connectivity index (χ0) is 43.6. The smallest absolute Gasteiger partial charge is 0.151 e. The van der Waals surface area contributed by atoms with E-state index in [9.17, 15) is 0 Å². The number of hydrogen-bond acceptors (Lipinski definition) is 9. The predicted molar refractivity (Wildman–Crippen MR) is 260 cm³/mol. The minimum absolute atomic E-state index is 0.705. The molecule has 0 atom stereocenters. The second-order valence-corrected chi connectivity index (χ2v) is 15.9. The molecule has 10 aromatic rings. The number of fused-ring (bicyclic) bond motifs is 6. The lowest BCUT2D eigenvalue weighted by Gasteiger charge is -2.43. The number of para-hydroxylation sites is 12. The molecule has 0 saturated heterocycles. The van der Waals surface area contributed by atoms with Gasteiger partial charge in [-0.1, -0.05) is 91.0 Å². The Labute approximate surface area is 380 Å². The molecule has 7 aromatic carbocycles. The molecule has 0 aliphatic carbocycles. The fourth-order valence-corrected chi connectivity index (χ4v) is 9.48. The molecule has 3 aliphatic rings. The Hall–Kier alpha value is -9.21. The van der Waals surface area contributed by atoms with Crippen LogP contribution < -0.4 is 28.9 Å². The van der Waals surface area contributed by atoms with Crippen LogP contribution in [0.5, 0.6) is 34.5 Å². The molecule has 13 rings (SSSR count). The number of benzene rings is 7. The number of anilines is 9. The van der Waals surface area contributed by atoms with Crippen LogP contribution in [0.3, 0.4) is 0 Å². The normalized spacial score (nSPS) is 12.8. The van der Waals surface area contributed by atoms with Crippen molar-refractivity contribution < 1.29 is 14.2 Å². The van der Waals surface area contributed by atoms with Crippen LogP contribution in [0.4, 0.5) is 51.2 Å². The monoisotopic (exact) mass is 852 g/mol. The van der Waals surface area contributed by atoms with E-state index in [4.69, 9.17) is 29.2 Å². The maximum Gasteiger partial charge on any atom is 0.151 e. The van der Waals surface area contributed by atoms with Crippen LogP contribution >= 0.6 is 0 Å². The number of nitrogens with zero attached hydrogens (tertiary/aromatic N) is 6. The van der Waals surface area contributed by atoms with E-state index in [-0.39, 0.29) is 0 Å². The molecule has 66 heavy (non-hydrogen) atoms. The number of pyridine rings is 3. The zero-order valence-electron chi connectivity index (χ0n) is 35.2. The van der Waals surface area contributed by atoms with Gasteiger partial charge in [0, 0.05) is 35.3 Å². The summed E-state index contributed by atoms with van der Waals surface area (Å²) in [5, 5.41) is 0. The van der Waals surface area contributed by atoms with Gasteiger partial charge in [-0.05, 0) is 109 Å². The Morgan fingerprint density at radius 2 is 0.455 bits per heavy atom.